The lowest BCUT2D eigenvalue weighted by atomic mass is 10.2. The molecule has 0 aromatic rings. The summed E-state index contributed by atoms with van der Waals surface area (Å²) in [6.07, 6.45) is 0. The van der Waals surface area contributed by atoms with Crippen molar-refractivity contribution in [2.45, 2.75) is 32.0 Å². The van der Waals surface area contributed by atoms with Gasteiger partial charge >= 0.3 is 13.8 Å². The maximum Gasteiger partial charge on any atom is 0.469 e. The van der Waals surface area contributed by atoms with Crippen LogP contribution in [0.4, 0.5) is 0 Å². The van der Waals surface area contributed by atoms with Crippen LogP contribution in [0.5, 0.6) is 0 Å². The largest absolute Gasteiger partial charge is 0.480 e. The number of carboxylic acids is 1. The predicted molar refractivity (Wildman–Crippen MR) is 68.8 cm³/mol. The lowest BCUT2D eigenvalue weighted by Crippen LogP contribution is -2.53. The zero-order valence-corrected chi connectivity index (χ0v) is 12.2. The summed E-state index contributed by atoms with van der Waals surface area (Å²) < 4.78 is 14.5. The fraction of sp³-hybridized carbons (Fsp3) is 0.667. The van der Waals surface area contributed by atoms with Gasteiger partial charge in [0, 0.05) is 0 Å². The second-order valence-corrected chi connectivity index (χ2v) is 5.43. The van der Waals surface area contributed by atoms with Gasteiger partial charge in [-0.25, -0.2) is 4.57 Å². The van der Waals surface area contributed by atoms with Crippen LogP contribution in [-0.2, 0) is 23.5 Å². The van der Waals surface area contributed by atoms with Gasteiger partial charge in [0.15, 0.2) is 0 Å². The maximum absolute atomic E-state index is 11.5. The molecule has 0 bridgehead atoms. The average Bonchev–Trinajstić information content (AvgIpc) is 2.34. The number of carbonyl (C=O) groups is 3. The summed E-state index contributed by atoms with van der Waals surface area (Å²) in [6, 6.07) is -3.62. The molecule has 0 spiro atoms. The molecular weight excluding hydrogens is 309 g/mol. The minimum absolute atomic E-state index is 0.740. The summed E-state index contributed by atoms with van der Waals surface area (Å²) in [7, 11) is -4.75. The number of amides is 2. The van der Waals surface area contributed by atoms with Crippen molar-refractivity contribution >= 4 is 25.6 Å². The van der Waals surface area contributed by atoms with Crippen molar-refractivity contribution in [1.29, 1.82) is 0 Å². The van der Waals surface area contributed by atoms with Gasteiger partial charge in [0.1, 0.15) is 18.1 Å². The number of carboxylic acid groups (broad SMARTS) is 1. The van der Waals surface area contributed by atoms with Gasteiger partial charge in [0.25, 0.3) is 0 Å². The van der Waals surface area contributed by atoms with E-state index in [4.69, 9.17) is 20.6 Å². The van der Waals surface area contributed by atoms with E-state index >= 15 is 0 Å². The van der Waals surface area contributed by atoms with Crippen LogP contribution in [0.25, 0.3) is 0 Å². The SMILES string of the molecule is C[C@H](NC(=O)[C@H](C)NC(=O)[C@@H](N)COP(=O)(O)O)C(=O)O. The normalized spacial score (nSPS) is 15.7. The summed E-state index contributed by atoms with van der Waals surface area (Å²) in [5.41, 5.74) is 5.32. The van der Waals surface area contributed by atoms with E-state index in [9.17, 15) is 18.9 Å². The fourth-order valence-corrected chi connectivity index (χ4v) is 1.39. The van der Waals surface area contributed by atoms with E-state index in [-0.39, 0.29) is 0 Å². The molecular formula is C9H18N3O8P. The van der Waals surface area contributed by atoms with Crippen LogP contribution in [-0.4, -0.2) is 57.4 Å². The minimum Gasteiger partial charge on any atom is -0.480 e. The van der Waals surface area contributed by atoms with Crippen LogP contribution in [0.1, 0.15) is 13.8 Å². The van der Waals surface area contributed by atoms with E-state index < -0.39 is 50.3 Å². The van der Waals surface area contributed by atoms with Crippen LogP contribution in [0, 0.1) is 0 Å². The standard InChI is InChI=1S/C9H18N3O8P/c1-4(7(13)12-5(2)9(15)16)11-8(14)6(10)3-20-21(17,18)19/h4-6H,3,10H2,1-2H3,(H,11,14)(H,12,13)(H,15,16)(H2,17,18,19)/t4-,5-,6-/m0/s1. The summed E-state index contributed by atoms with van der Waals surface area (Å²) in [4.78, 5) is 50.5. The van der Waals surface area contributed by atoms with Crippen molar-refractivity contribution in [1.82, 2.24) is 10.6 Å². The van der Waals surface area contributed by atoms with Gasteiger partial charge in [-0.2, -0.15) is 0 Å². The Labute approximate surface area is 120 Å². The summed E-state index contributed by atoms with van der Waals surface area (Å²) in [5, 5.41) is 12.9. The van der Waals surface area contributed by atoms with Gasteiger partial charge in [-0.3, -0.25) is 18.9 Å². The molecule has 0 fully saturated rings. The van der Waals surface area contributed by atoms with E-state index in [0.29, 0.717) is 0 Å². The Morgan fingerprint density at radius 1 is 1.14 bits per heavy atom. The summed E-state index contributed by atoms with van der Waals surface area (Å²) in [5.74, 6) is -2.87. The Morgan fingerprint density at radius 3 is 2.05 bits per heavy atom. The first kappa shape index (κ1) is 19.5. The molecule has 0 heterocycles. The van der Waals surface area contributed by atoms with Gasteiger partial charge in [-0.15, -0.1) is 0 Å². The summed E-state index contributed by atoms with van der Waals surface area (Å²) >= 11 is 0. The topological polar surface area (TPSA) is 188 Å². The molecule has 0 saturated carbocycles. The Morgan fingerprint density at radius 2 is 1.62 bits per heavy atom. The van der Waals surface area contributed by atoms with Crippen molar-refractivity contribution in [3.05, 3.63) is 0 Å². The van der Waals surface area contributed by atoms with Crippen molar-refractivity contribution in [3.8, 4) is 0 Å². The molecule has 0 aromatic heterocycles. The monoisotopic (exact) mass is 327 g/mol. The molecule has 12 heteroatoms. The first-order valence-electron chi connectivity index (χ1n) is 5.73. The Kier molecular flexibility index (Phi) is 7.47. The quantitative estimate of drug-likeness (QED) is 0.262. The minimum atomic E-state index is -4.75. The highest BCUT2D eigenvalue weighted by molar-refractivity contribution is 7.46. The van der Waals surface area contributed by atoms with Gasteiger partial charge in [0.2, 0.25) is 11.8 Å². The second kappa shape index (κ2) is 8.05. The number of rotatable bonds is 8. The molecule has 7 N–H and O–H groups in total. The molecule has 0 aliphatic heterocycles. The van der Waals surface area contributed by atoms with Gasteiger partial charge in [-0.1, -0.05) is 0 Å². The lowest BCUT2D eigenvalue weighted by Gasteiger charge is -2.18. The van der Waals surface area contributed by atoms with Crippen LogP contribution in [0.3, 0.4) is 0 Å². The zero-order chi connectivity index (χ0) is 16.8. The molecule has 0 aliphatic carbocycles. The molecule has 0 aromatic carbocycles. The van der Waals surface area contributed by atoms with Crippen molar-refractivity contribution in [2.24, 2.45) is 5.73 Å². The number of nitrogens with one attached hydrogen (secondary N) is 2. The van der Waals surface area contributed by atoms with Crippen LogP contribution in [0.15, 0.2) is 0 Å². The molecule has 122 valence electrons. The van der Waals surface area contributed by atoms with E-state index in [1.807, 2.05) is 0 Å². The van der Waals surface area contributed by atoms with Crippen molar-refractivity contribution in [2.75, 3.05) is 6.61 Å². The Hall–Kier alpha value is -1.52. The van der Waals surface area contributed by atoms with Crippen LogP contribution >= 0.6 is 7.82 Å². The lowest BCUT2D eigenvalue weighted by molar-refractivity contribution is -0.141. The maximum atomic E-state index is 11.5. The first-order chi connectivity index (χ1) is 9.44. The highest BCUT2D eigenvalue weighted by Crippen LogP contribution is 2.35. The molecule has 0 aliphatic rings. The third-order valence-electron chi connectivity index (χ3n) is 2.24. The number of nitrogens with two attached hydrogens (primary N) is 1. The number of aliphatic carboxylic acids is 1. The molecule has 2 amide bonds. The third kappa shape index (κ3) is 8.38. The number of hydrogen-bond acceptors (Lipinski definition) is 6. The van der Waals surface area contributed by atoms with Crippen molar-refractivity contribution in [3.63, 3.8) is 0 Å². The molecule has 0 unspecified atom stereocenters. The second-order valence-electron chi connectivity index (χ2n) is 4.19. The average molecular weight is 327 g/mol. The van der Waals surface area contributed by atoms with Crippen molar-refractivity contribution < 1.29 is 38.4 Å². The van der Waals surface area contributed by atoms with Crippen LogP contribution in [0.2, 0.25) is 0 Å². The molecule has 0 saturated heterocycles. The Balaban J connectivity index is 4.33. The van der Waals surface area contributed by atoms with Gasteiger partial charge in [0.05, 0.1) is 6.61 Å². The molecule has 21 heavy (non-hydrogen) atoms. The molecule has 0 rings (SSSR count). The van der Waals surface area contributed by atoms with Crippen LogP contribution < -0.4 is 16.4 Å². The summed E-state index contributed by atoms with van der Waals surface area (Å²) in [6.45, 7) is 1.79. The number of phosphoric ester groups is 1. The number of hydrogen-bond donors (Lipinski definition) is 6. The smallest absolute Gasteiger partial charge is 0.469 e. The molecule has 3 atom stereocenters. The highest BCUT2D eigenvalue weighted by atomic mass is 31.2. The number of phosphoric acid groups is 1. The molecule has 11 nitrogen and oxygen atoms in total. The van der Waals surface area contributed by atoms with Gasteiger partial charge < -0.3 is 31.3 Å². The fourth-order valence-electron chi connectivity index (χ4n) is 1.04. The first-order valence-corrected chi connectivity index (χ1v) is 7.26. The third-order valence-corrected chi connectivity index (χ3v) is 2.73. The van der Waals surface area contributed by atoms with E-state index in [1.54, 1.807) is 0 Å². The highest BCUT2D eigenvalue weighted by Gasteiger charge is 2.24. The zero-order valence-electron chi connectivity index (χ0n) is 11.3. The van der Waals surface area contributed by atoms with E-state index in [1.165, 1.54) is 13.8 Å². The Bertz CT molecular complexity index is 450. The predicted octanol–water partition coefficient (Wildman–Crippen LogP) is -2.48. The van der Waals surface area contributed by atoms with Gasteiger partial charge in [-0.05, 0) is 13.8 Å². The number of carbonyl (C=O) groups excluding carboxylic acids is 2. The van der Waals surface area contributed by atoms with E-state index in [2.05, 4.69) is 15.2 Å². The molecule has 0 radical (unpaired) electrons. The van der Waals surface area contributed by atoms with E-state index in [0.717, 1.165) is 0 Å².